The fourth-order valence-electron chi connectivity index (χ4n) is 4.41. The summed E-state index contributed by atoms with van der Waals surface area (Å²) >= 11 is 1.47. The predicted molar refractivity (Wildman–Crippen MR) is 151 cm³/mol. The second-order valence-electron chi connectivity index (χ2n) is 10.4. The molecule has 0 heterocycles. The molecular formula is C29H36N2O8S. The van der Waals surface area contributed by atoms with Crippen molar-refractivity contribution < 1.29 is 38.5 Å². The molecule has 40 heavy (non-hydrogen) atoms. The predicted octanol–water partition coefficient (Wildman–Crippen LogP) is 4.56. The largest absolute Gasteiger partial charge is 0.480 e. The fraction of sp³-hybridized carbons (Fsp3) is 0.448. The number of amides is 2. The van der Waals surface area contributed by atoms with Crippen LogP contribution in [0.15, 0.2) is 48.5 Å². The smallest absolute Gasteiger partial charge is 0.408 e. The molecule has 0 saturated carbocycles. The molecule has 3 rings (SSSR count). The molecule has 2 amide bonds. The van der Waals surface area contributed by atoms with Crippen LogP contribution in [0.5, 0.6) is 0 Å². The van der Waals surface area contributed by atoms with Crippen LogP contribution >= 0.6 is 11.8 Å². The van der Waals surface area contributed by atoms with E-state index in [1.54, 1.807) is 20.8 Å². The van der Waals surface area contributed by atoms with Crippen molar-refractivity contribution in [3.05, 3.63) is 59.7 Å². The molecule has 3 N–H and O–H groups in total. The van der Waals surface area contributed by atoms with Gasteiger partial charge >= 0.3 is 24.1 Å². The molecule has 216 valence electrons. The monoisotopic (exact) mass is 572 g/mol. The van der Waals surface area contributed by atoms with E-state index < -0.39 is 47.9 Å². The Balaban J connectivity index is 1.63. The van der Waals surface area contributed by atoms with Crippen molar-refractivity contribution in [3.8, 4) is 11.1 Å². The van der Waals surface area contributed by atoms with Gasteiger partial charge in [0.25, 0.3) is 0 Å². The maximum absolute atomic E-state index is 13.0. The molecular weight excluding hydrogens is 536 g/mol. The number of aliphatic carboxylic acids is 1. The Morgan fingerprint density at radius 3 is 2.05 bits per heavy atom. The minimum Gasteiger partial charge on any atom is -0.480 e. The van der Waals surface area contributed by atoms with Crippen molar-refractivity contribution in [2.45, 2.75) is 63.8 Å². The van der Waals surface area contributed by atoms with Gasteiger partial charge in [-0.05, 0) is 68.4 Å². The van der Waals surface area contributed by atoms with Crippen LogP contribution in [0.25, 0.3) is 11.1 Å². The minimum absolute atomic E-state index is 0.0709. The Kier molecular flexibility index (Phi) is 10.4. The first-order valence-corrected chi connectivity index (χ1v) is 14.3. The van der Waals surface area contributed by atoms with Crippen molar-refractivity contribution in [1.82, 2.24) is 10.6 Å². The number of carbonyl (C=O) groups is 4. The van der Waals surface area contributed by atoms with Crippen molar-refractivity contribution in [2.24, 2.45) is 0 Å². The van der Waals surface area contributed by atoms with Crippen LogP contribution in [0.2, 0.25) is 0 Å². The number of ether oxygens (including phenoxy) is 3. The second-order valence-corrected chi connectivity index (χ2v) is 11.4. The maximum Gasteiger partial charge on any atom is 0.408 e. The van der Waals surface area contributed by atoms with Gasteiger partial charge in [-0.3, -0.25) is 0 Å². The lowest BCUT2D eigenvalue weighted by Gasteiger charge is -2.26. The third kappa shape index (κ3) is 8.14. The summed E-state index contributed by atoms with van der Waals surface area (Å²) in [4.78, 5) is 49.7. The first kappa shape index (κ1) is 30.8. The average molecular weight is 573 g/mol. The van der Waals surface area contributed by atoms with Gasteiger partial charge in [-0.15, -0.1) is 0 Å². The van der Waals surface area contributed by atoms with Gasteiger partial charge < -0.3 is 30.0 Å². The van der Waals surface area contributed by atoms with Gasteiger partial charge in [-0.2, -0.15) is 11.8 Å². The molecule has 0 radical (unpaired) electrons. The SMILES string of the molecule is CSCC[C@H](NC(=O)OCC1c2ccccc2-c2ccccc21)C(=O)O[C@H](C)[C@H](NC(=O)OC(C)(C)C)C(=O)O. The summed E-state index contributed by atoms with van der Waals surface area (Å²) in [6, 6.07) is 13.2. The van der Waals surface area contributed by atoms with Crippen LogP contribution in [0.3, 0.4) is 0 Å². The van der Waals surface area contributed by atoms with Crippen LogP contribution in [-0.2, 0) is 23.8 Å². The first-order chi connectivity index (χ1) is 18.9. The number of nitrogens with one attached hydrogen (secondary N) is 2. The highest BCUT2D eigenvalue weighted by molar-refractivity contribution is 7.98. The third-order valence-corrected chi connectivity index (χ3v) is 6.88. The molecule has 0 unspecified atom stereocenters. The molecule has 3 atom stereocenters. The lowest BCUT2D eigenvalue weighted by atomic mass is 9.98. The third-order valence-electron chi connectivity index (χ3n) is 6.24. The normalized spacial score (nSPS) is 14.6. The number of fused-ring (bicyclic) bond motifs is 3. The van der Waals surface area contributed by atoms with E-state index in [0.717, 1.165) is 22.3 Å². The molecule has 2 aromatic rings. The summed E-state index contributed by atoms with van der Waals surface area (Å²) in [6.45, 7) is 6.32. The van der Waals surface area contributed by atoms with Gasteiger partial charge in [0.05, 0.1) is 0 Å². The zero-order valence-electron chi connectivity index (χ0n) is 23.3. The first-order valence-electron chi connectivity index (χ1n) is 12.9. The fourth-order valence-corrected chi connectivity index (χ4v) is 4.89. The molecule has 0 saturated heterocycles. The van der Waals surface area contributed by atoms with Crippen LogP contribution < -0.4 is 10.6 Å². The van der Waals surface area contributed by atoms with E-state index in [1.165, 1.54) is 18.7 Å². The number of esters is 1. The number of alkyl carbamates (subject to hydrolysis) is 2. The molecule has 1 aliphatic rings. The molecule has 10 nitrogen and oxygen atoms in total. The molecule has 11 heteroatoms. The Hall–Kier alpha value is -3.73. The van der Waals surface area contributed by atoms with Gasteiger partial charge in [0.1, 0.15) is 24.4 Å². The standard InChI is InChI=1S/C29H36N2O8S/c1-17(24(25(32)33)31-28(36)39-29(2,3)4)38-26(34)23(14-15-40-5)30-27(35)37-16-22-20-12-8-6-10-18(20)19-11-7-9-13-21(19)22/h6-13,17,22-24H,14-16H2,1-5H3,(H,30,35)(H,31,36)(H,32,33)/t17-,23+,24+/m1/s1. The maximum atomic E-state index is 13.0. The highest BCUT2D eigenvalue weighted by Crippen LogP contribution is 2.44. The molecule has 2 aromatic carbocycles. The molecule has 1 aliphatic carbocycles. The van der Waals surface area contributed by atoms with Crippen molar-refractivity contribution >= 4 is 35.9 Å². The molecule has 0 aromatic heterocycles. The summed E-state index contributed by atoms with van der Waals surface area (Å²) in [5.41, 5.74) is 3.45. The zero-order chi connectivity index (χ0) is 29.4. The number of hydrogen-bond donors (Lipinski definition) is 3. The van der Waals surface area contributed by atoms with Crippen LogP contribution in [0.1, 0.15) is 51.2 Å². The van der Waals surface area contributed by atoms with Gasteiger partial charge in [0.2, 0.25) is 0 Å². The number of thioether (sulfide) groups is 1. The van der Waals surface area contributed by atoms with Crippen LogP contribution in [-0.4, -0.2) is 71.6 Å². The summed E-state index contributed by atoms with van der Waals surface area (Å²) in [5.74, 6) is -1.87. The average Bonchev–Trinajstić information content (AvgIpc) is 3.20. The Labute approximate surface area is 238 Å². The van der Waals surface area contributed by atoms with E-state index in [9.17, 15) is 24.3 Å². The minimum atomic E-state index is -1.56. The van der Waals surface area contributed by atoms with Crippen molar-refractivity contribution in [3.63, 3.8) is 0 Å². The van der Waals surface area contributed by atoms with Gasteiger partial charge in [-0.25, -0.2) is 19.2 Å². The van der Waals surface area contributed by atoms with Crippen molar-refractivity contribution in [1.29, 1.82) is 0 Å². The van der Waals surface area contributed by atoms with E-state index >= 15 is 0 Å². The molecule has 0 spiro atoms. The number of hydrogen-bond acceptors (Lipinski definition) is 8. The Morgan fingerprint density at radius 2 is 1.52 bits per heavy atom. The van der Waals surface area contributed by atoms with E-state index in [4.69, 9.17) is 14.2 Å². The summed E-state index contributed by atoms with van der Waals surface area (Å²) < 4.78 is 16.0. The van der Waals surface area contributed by atoms with Gasteiger partial charge in [-0.1, -0.05) is 48.5 Å². The summed E-state index contributed by atoms with van der Waals surface area (Å²) in [5, 5.41) is 14.4. The molecule has 0 fully saturated rings. The highest BCUT2D eigenvalue weighted by Gasteiger charge is 2.34. The van der Waals surface area contributed by atoms with E-state index in [1.807, 2.05) is 54.8 Å². The van der Waals surface area contributed by atoms with Crippen LogP contribution in [0, 0.1) is 0 Å². The lowest BCUT2D eigenvalue weighted by Crippen LogP contribution is -2.52. The molecule has 0 bridgehead atoms. The quantitative estimate of drug-likeness (QED) is 0.261. The number of carboxylic acids is 1. The zero-order valence-corrected chi connectivity index (χ0v) is 24.1. The molecule has 0 aliphatic heterocycles. The van der Waals surface area contributed by atoms with E-state index in [0.29, 0.717) is 5.75 Å². The Bertz CT molecular complexity index is 1180. The van der Waals surface area contributed by atoms with E-state index in [2.05, 4.69) is 10.6 Å². The number of carbonyl (C=O) groups excluding carboxylic acids is 3. The topological polar surface area (TPSA) is 140 Å². The highest BCUT2D eigenvalue weighted by atomic mass is 32.2. The van der Waals surface area contributed by atoms with Gasteiger partial charge in [0.15, 0.2) is 6.04 Å². The number of carboxylic acid groups (broad SMARTS) is 1. The number of rotatable bonds is 11. The van der Waals surface area contributed by atoms with E-state index in [-0.39, 0.29) is 18.9 Å². The van der Waals surface area contributed by atoms with Crippen molar-refractivity contribution in [2.75, 3.05) is 18.6 Å². The number of benzene rings is 2. The summed E-state index contributed by atoms with van der Waals surface area (Å²) in [7, 11) is 0. The Morgan fingerprint density at radius 1 is 0.950 bits per heavy atom. The second kappa shape index (κ2) is 13.6. The lowest BCUT2D eigenvalue weighted by molar-refractivity contribution is -0.156. The van der Waals surface area contributed by atoms with Gasteiger partial charge in [0, 0.05) is 5.92 Å². The van der Waals surface area contributed by atoms with Crippen LogP contribution in [0.4, 0.5) is 9.59 Å². The summed E-state index contributed by atoms with van der Waals surface area (Å²) in [6.07, 6.45) is -0.922.